The summed E-state index contributed by atoms with van der Waals surface area (Å²) >= 11 is 5.25. The second kappa shape index (κ2) is 5.73. The van der Waals surface area contributed by atoms with Crippen molar-refractivity contribution in [3.63, 3.8) is 0 Å². The van der Waals surface area contributed by atoms with Crippen LogP contribution in [0.1, 0.15) is 37.3 Å². The van der Waals surface area contributed by atoms with Crippen LogP contribution in [0.2, 0.25) is 0 Å². The Labute approximate surface area is 126 Å². The van der Waals surface area contributed by atoms with Gasteiger partial charge in [0, 0.05) is 27.4 Å². The number of rotatable bonds is 2. The summed E-state index contributed by atoms with van der Waals surface area (Å²) in [6, 6.07) is 8.74. The maximum Gasteiger partial charge on any atom is 0.123 e. The van der Waals surface area contributed by atoms with Gasteiger partial charge in [-0.15, -0.1) is 11.3 Å². The van der Waals surface area contributed by atoms with Crippen molar-refractivity contribution in [1.29, 1.82) is 0 Å². The molecule has 1 fully saturated rings. The minimum atomic E-state index is 0.402. The van der Waals surface area contributed by atoms with Crippen LogP contribution in [0.15, 0.2) is 34.1 Å². The number of hydrogen-bond donors (Lipinski definition) is 1. The van der Waals surface area contributed by atoms with E-state index in [0.29, 0.717) is 12.0 Å². The highest BCUT2D eigenvalue weighted by atomic mass is 79.9. The molecule has 0 spiro atoms. The number of aromatic nitrogens is 1. The Morgan fingerprint density at radius 3 is 2.74 bits per heavy atom. The fraction of sp³-hybridized carbons (Fsp3) is 0.400. The Balaban J connectivity index is 1.80. The van der Waals surface area contributed by atoms with Gasteiger partial charge in [-0.05, 0) is 37.8 Å². The van der Waals surface area contributed by atoms with Crippen LogP contribution in [0.5, 0.6) is 0 Å². The van der Waals surface area contributed by atoms with Crippen LogP contribution in [0.3, 0.4) is 0 Å². The summed E-state index contributed by atoms with van der Waals surface area (Å²) in [5.74, 6) is 0.608. The molecule has 0 unspecified atom stereocenters. The van der Waals surface area contributed by atoms with Crippen molar-refractivity contribution in [3.05, 3.63) is 39.8 Å². The van der Waals surface area contributed by atoms with Gasteiger partial charge in [-0.1, -0.05) is 28.1 Å². The topological polar surface area (TPSA) is 38.9 Å². The van der Waals surface area contributed by atoms with E-state index in [2.05, 4.69) is 39.5 Å². The molecule has 1 aliphatic rings. The summed E-state index contributed by atoms with van der Waals surface area (Å²) in [5.41, 5.74) is 8.41. The van der Waals surface area contributed by atoms with Gasteiger partial charge < -0.3 is 5.73 Å². The molecule has 0 amide bonds. The first kappa shape index (κ1) is 13.3. The third-order valence-corrected chi connectivity index (χ3v) is 5.19. The fourth-order valence-electron chi connectivity index (χ4n) is 2.64. The zero-order valence-corrected chi connectivity index (χ0v) is 13.1. The molecule has 0 atom stereocenters. The Morgan fingerprint density at radius 2 is 2.00 bits per heavy atom. The van der Waals surface area contributed by atoms with E-state index < -0.39 is 0 Å². The van der Waals surface area contributed by atoms with Crippen molar-refractivity contribution in [2.24, 2.45) is 5.73 Å². The smallest absolute Gasteiger partial charge is 0.123 e. The maximum absolute atomic E-state index is 5.96. The molecule has 1 saturated carbocycles. The van der Waals surface area contributed by atoms with E-state index in [0.717, 1.165) is 22.3 Å². The van der Waals surface area contributed by atoms with Gasteiger partial charge in [0.1, 0.15) is 5.01 Å². The molecule has 2 N–H and O–H groups in total. The third kappa shape index (κ3) is 3.07. The van der Waals surface area contributed by atoms with E-state index in [4.69, 9.17) is 10.7 Å². The molecule has 1 aromatic carbocycles. The molecule has 19 heavy (non-hydrogen) atoms. The Morgan fingerprint density at radius 1 is 1.21 bits per heavy atom. The van der Waals surface area contributed by atoms with Gasteiger partial charge in [0.05, 0.1) is 5.69 Å². The zero-order valence-electron chi connectivity index (χ0n) is 10.7. The predicted octanol–water partition coefficient (Wildman–Crippen LogP) is 4.56. The van der Waals surface area contributed by atoms with Crippen LogP contribution in [0.25, 0.3) is 10.6 Å². The molecular formula is C15H17BrN2S. The zero-order chi connectivity index (χ0) is 13.2. The minimum Gasteiger partial charge on any atom is -0.328 e. The van der Waals surface area contributed by atoms with E-state index in [-0.39, 0.29) is 0 Å². The lowest BCUT2D eigenvalue weighted by atomic mass is 9.85. The van der Waals surface area contributed by atoms with Crippen molar-refractivity contribution in [2.45, 2.75) is 37.6 Å². The average Bonchev–Trinajstić information content (AvgIpc) is 2.89. The first-order valence-corrected chi connectivity index (χ1v) is 8.36. The van der Waals surface area contributed by atoms with Gasteiger partial charge in [-0.25, -0.2) is 4.98 Å². The van der Waals surface area contributed by atoms with Gasteiger partial charge in [-0.3, -0.25) is 0 Å². The first-order chi connectivity index (χ1) is 9.22. The summed E-state index contributed by atoms with van der Waals surface area (Å²) < 4.78 is 1.10. The number of halogens is 1. The molecule has 4 heteroatoms. The SMILES string of the molecule is NC1CCC(c2csc(-c3cccc(Br)c3)n2)CC1. The molecule has 0 radical (unpaired) electrons. The molecule has 0 saturated heterocycles. The van der Waals surface area contributed by atoms with Crippen molar-refractivity contribution < 1.29 is 0 Å². The highest BCUT2D eigenvalue weighted by molar-refractivity contribution is 9.10. The largest absolute Gasteiger partial charge is 0.328 e. The third-order valence-electron chi connectivity index (χ3n) is 3.78. The Bertz CT molecular complexity index is 559. The van der Waals surface area contributed by atoms with E-state index in [9.17, 15) is 0 Å². The summed E-state index contributed by atoms with van der Waals surface area (Å²) in [4.78, 5) is 4.83. The molecule has 1 aliphatic carbocycles. The number of thiazole rings is 1. The van der Waals surface area contributed by atoms with Crippen LogP contribution in [0, 0.1) is 0 Å². The summed E-state index contributed by atoms with van der Waals surface area (Å²) in [6.07, 6.45) is 4.63. The van der Waals surface area contributed by atoms with Crippen LogP contribution < -0.4 is 5.73 Å². The fourth-order valence-corrected chi connectivity index (χ4v) is 3.94. The molecule has 3 rings (SSSR count). The standard InChI is InChI=1S/C15H17BrN2S/c16-12-3-1-2-11(8-12)15-18-14(9-19-15)10-4-6-13(17)7-5-10/h1-3,8-10,13H,4-7,17H2. The van der Waals surface area contributed by atoms with Gasteiger partial charge >= 0.3 is 0 Å². The lowest BCUT2D eigenvalue weighted by Crippen LogP contribution is -2.25. The molecule has 0 bridgehead atoms. The predicted molar refractivity (Wildman–Crippen MR) is 84.4 cm³/mol. The first-order valence-electron chi connectivity index (χ1n) is 6.69. The summed E-state index contributed by atoms with van der Waals surface area (Å²) in [6.45, 7) is 0. The lowest BCUT2D eigenvalue weighted by Gasteiger charge is -2.24. The normalized spacial score (nSPS) is 23.5. The van der Waals surface area contributed by atoms with Crippen molar-refractivity contribution in [1.82, 2.24) is 4.98 Å². The number of nitrogens with two attached hydrogens (primary N) is 1. The van der Waals surface area contributed by atoms with Crippen LogP contribution in [-0.4, -0.2) is 11.0 Å². The van der Waals surface area contributed by atoms with E-state index in [1.807, 2.05) is 6.07 Å². The van der Waals surface area contributed by atoms with Gasteiger partial charge in [0.25, 0.3) is 0 Å². The van der Waals surface area contributed by atoms with Crippen LogP contribution in [0.4, 0.5) is 0 Å². The average molecular weight is 337 g/mol. The van der Waals surface area contributed by atoms with E-state index in [1.54, 1.807) is 11.3 Å². The maximum atomic E-state index is 5.96. The molecule has 1 aromatic heterocycles. The Hall–Kier alpha value is -0.710. The number of benzene rings is 1. The van der Waals surface area contributed by atoms with Crippen molar-refractivity contribution in [2.75, 3.05) is 0 Å². The van der Waals surface area contributed by atoms with Crippen LogP contribution in [-0.2, 0) is 0 Å². The Kier molecular flexibility index (Phi) is 4.01. The van der Waals surface area contributed by atoms with Crippen LogP contribution >= 0.6 is 27.3 Å². The highest BCUT2D eigenvalue weighted by Crippen LogP contribution is 2.35. The van der Waals surface area contributed by atoms with Crippen molar-refractivity contribution >= 4 is 27.3 Å². The minimum absolute atomic E-state index is 0.402. The van der Waals surface area contributed by atoms with E-state index in [1.165, 1.54) is 24.1 Å². The van der Waals surface area contributed by atoms with Gasteiger partial charge in [0.2, 0.25) is 0 Å². The molecule has 100 valence electrons. The molecular weight excluding hydrogens is 320 g/mol. The van der Waals surface area contributed by atoms with Crippen molar-refractivity contribution in [3.8, 4) is 10.6 Å². The second-order valence-corrected chi connectivity index (χ2v) is 6.97. The molecule has 2 nitrogen and oxygen atoms in total. The van der Waals surface area contributed by atoms with Gasteiger partial charge in [0.15, 0.2) is 0 Å². The molecule has 1 heterocycles. The monoisotopic (exact) mass is 336 g/mol. The van der Waals surface area contributed by atoms with Gasteiger partial charge in [-0.2, -0.15) is 0 Å². The molecule has 0 aliphatic heterocycles. The van der Waals surface area contributed by atoms with E-state index >= 15 is 0 Å². The summed E-state index contributed by atoms with van der Waals surface area (Å²) in [5, 5.41) is 3.34. The number of hydrogen-bond acceptors (Lipinski definition) is 3. The highest BCUT2D eigenvalue weighted by Gasteiger charge is 2.22. The summed E-state index contributed by atoms with van der Waals surface area (Å²) in [7, 11) is 0. The lowest BCUT2D eigenvalue weighted by molar-refractivity contribution is 0.391. The quantitative estimate of drug-likeness (QED) is 0.873. The second-order valence-electron chi connectivity index (χ2n) is 5.20. The number of nitrogens with zero attached hydrogens (tertiary/aromatic N) is 1. The molecule has 2 aromatic rings.